The maximum Gasteiger partial charge on any atom is 0.401 e. The van der Waals surface area contributed by atoms with E-state index in [0.717, 1.165) is 6.20 Å². The molecule has 3 aromatic rings. The van der Waals surface area contributed by atoms with Gasteiger partial charge in [0.2, 0.25) is 11.8 Å². The lowest BCUT2D eigenvalue weighted by Crippen LogP contribution is -2.42. The van der Waals surface area contributed by atoms with Crippen LogP contribution in [0.4, 0.5) is 44.1 Å². The number of benzene rings is 2. The van der Waals surface area contributed by atoms with Gasteiger partial charge in [0.05, 0.1) is 19.3 Å². The molecule has 0 atom stereocenters. The Hall–Kier alpha value is -4.00. The number of amides is 2. The number of carbonyl (C=O) groups excluding carboxylic acids is 1. The molecule has 1 saturated heterocycles. The molecule has 0 spiro atoms. The number of urea groups is 1. The van der Waals surface area contributed by atoms with Crippen molar-refractivity contribution in [1.82, 2.24) is 20.2 Å². The lowest BCUT2D eigenvalue weighted by molar-refractivity contribution is -0.125. The van der Waals surface area contributed by atoms with Gasteiger partial charge in [-0.3, -0.25) is 0 Å². The SMILES string of the molecule is O=C(Nc1cccc(F)c1)N1CCC(COc2nc(Nc3cccc(CNCC(F)(F)F)c3)ncc2F)CC1. The van der Waals surface area contributed by atoms with Gasteiger partial charge >= 0.3 is 12.2 Å². The van der Waals surface area contributed by atoms with E-state index in [9.17, 15) is 26.7 Å². The minimum absolute atomic E-state index is 0.0128. The molecule has 1 aromatic heterocycles. The summed E-state index contributed by atoms with van der Waals surface area (Å²) in [6.07, 6.45) is -2.07. The van der Waals surface area contributed by atoms with Gasteiger partial charge in [0, 0.05) is 31.0 Å². The third-order valence-corrected chi connectivity index (χ3v) is 5.98. The summed E-state index contributed by atoms with van der Waals surface area (Å²) >= 11 is 0. The predicted molar refractivity (Wildman–Crippen MR) is 135 cm³/mol. The number of likely N-dealkylation sites (tertiary alicyclic amines) is 1. The Morgan fingerprint density at radius 3 is 2.54 bits per heavy atom. The van der Waals surface area contributed by atoms with E-state index in [-0.39, 0.29) is 36.9 Å². The van der Waals surface area contributed by atoms with Gasteiger partial charge in [-0.25, -0.2) is 14.2 Å². The van der Waals surface area contributed by atoms with E-state index in [1.165, 1.54) is 18.2 Å². The number of anilines is 3. The van der Waals surface area contributed by atoms with Crippen molar-refractivity contribution in [3.63, 3.8) is 0 Å². The number of rotatable bonds is 9. The van der Waals surface area contributed by atoms with Gasteiger partial charge in [-0.1, -0.05) is 18.2 Å². The number of alkyl halides is 3. The molecule has 1 fully saturated rings. The molecule has 4 rings (SSSR count). The summed E-state index contributed by atoms with van der Waals surface area (Å²) in [7, 11) is 0. The molecule has 0 radical (unpaired) electrons. The van der Waals surface area contributed by atoms with E-state index < -0.39 is 24.4 Å². The topological polar surface area (TPSA) is 91.4 Å². The van der Waals surface area contributed by atoms with Crippen molar-refractivity contribution < 1.29 is 31.5 Å². The molecule has 3 N–H and O–H groups in total. The Bertz CT molecular complexity index is 1270. The first-order chi connectivity index (χ1) is 18.6. The highest BCUT2D eigenvalue weighted by Crippen LogP contribution is 2.23. The number of nitrogens with one attached hydrogen (secondary N) is 3. The Balaban J connectivity index is 1.26. The standard InChI is InChI=1S/C26H27F5N6O2/c27-19-4-2-6-21(12-19)35-25(38)37-9-7-17(8-10-37)15-39-23-22(28)14-33-24(36-23)34-20-5-1-3-18(11-20)13-32-16-26(29,30)31/h1-6,11-12,14,17,32H,7-10,13,15-16H2,(H,35,38)(H,33,34,36). The number of aromatic nitrogens is 2. The highest BCUT2D eigenvalue weighted by molar-refractivity contribution is 5.89. The lowest BCUT2D eigenvalue weighted by atomic mass is 9.98. The van der Waals surface area contributed by atoms with Crippen LogP contribution in [0, 0.1) is 17.6 Å². The fourth-order valence-electron chi connectivity index (χ4n) is 4.02. The third-order valence-electron chi connectivity index (χ3n) is 5.98. The van der Waals surface area contributed by atoms with Crippen LogP contribution in [0.5, 0.6) is 5.88 Å². The molecule has 0 saturated carbocycles. The number of nitrogens with zero attached hydrogens (tertiary/aromatic N) is 3. The predicted octanol–water partition coefficient (Wildman–Crippen LogP) is 5.47. The summed E-state index contributed by atoms with van der Waals surface area (Å²) in [5.41, 5.74) is 1.50. The molecule has 0 unspecified atom stereocenters. The third kappa shape index (κ3) is 8.77. The molecule has 0 bridgehead atoms. The van der Waals surface area contributed by atoms with E-state index in [4.69, 9.17) is 4.74 Å². The molecule has 2 amide bonds. The Morgan fingerprint density at radius 1 is 1.05 bits per heavy atom. The van der Waals surface area contributed by atoms with Crippen molar-refractivity contribution in [3.8, 4) is 5.88 Å². The molecule has 13 heteroatoms. The van der Waals surface area contributed by atoms with Crippen LogP contribution in [0.15, 0.2) is 54.7 Å². The van der Waals surface area contributed by atoms with Crippen LogP contribution in [0.3, 0.4) is 0 Å². The normalized spacial score (nSPS) is 14.2. The maximum atomic E-state index is 14.3. The zero-order valence-corrected chi connectivity index (χ0v) is 20.8. The fourth-order valence-corrected chi connectivity index (χ4v) is 4.02. The molecule has 1 aliphatic heterocycles. The molecule has 0 aliphatic carbocycles. The smallest absolute Gasteiger partial charge is 0.401 e. The molecule has 208 valence electrons. The summed E-state index contributed by atoms with van der Waals surface area (Å²) < 4.78 is 70.3. The highest BCUT2D eigenvalue weighted by Gasteiger charge is 2.26. The Morgan fingerprint density at radius 2 is 1.79 bits per heavy atom. The molecule has 39 heavy (non-hydrogen) atoms. The zero-order valence-electron chi connectivity index (χ0n) is 20.8. The second kappa shape index (κ2) is 12.7. The number of hydrogen-bond acceptors (Lipinski definition) is 6. The molecule has 2 aromatic carbocycles. The summed E-state index contributed by atoms with van der Waals surface area (Å²) in [6, 6.07) is 12.0. The zero-order chi connectivity index (χ0) is 27.8. The van der Waals surface area contributed by atoms with E-state index >= 15 is 0 Å². The van der Waals surface area contributed by atoms with Gasteiger partial charge < -0.3 is 25.6 Å². The Labute approximate surface area is 221 Å². The summed E-state index contributed by atoms with van der Waals surface area (Å²) in [4.78, 5) is 22.1. The maximum absolute atomic E-state index is 14.3. The monoisotopic (exact) mass is 550 g/mol. The van der Waals surface area contributed by atoms with Crippen molar-refractivity contribution in [2.45, 2.75) is 25.6 Å². The molecular weight excluding hydrogens is 523 g/mol. The second-order valence-electron chi connectivity index (χ2n) is 9.07. The van der Waals surface area contributed by atoms with Crippen LogP contribution in [-0.4, -0.2) is 53.3 Å². The molecule has 8 nitrogen and oxygen atoms in total. The van der Waals surface area contributed by atoms with Crippen LogP contribution in [-0.2, 0) is 6.54 Å². The number of ether oxygens (including phenoxy) is 1. The number of piperidine rings is 1. The largest absolute Gasteiger partial charge is 0.475 e. The Kier molecular flexibility index (Phi) is 9.12. The average molecular weight is 551 g/mol. The van der Waals surface area contributed by atoms with Crippen LogP contribution >= 0.6 is 0 Å². The van der Waals surface area contributed by atoms with Crippen molar-refractivity contribution in [2.24, 2.45) is 5.92 Å². The van der Waals surface area contributed by atoms with Crippen LogP contribution in [0.25, 0.3) is 0 Å². The van der Waals surface area contributed by atoms with E-state index in [1.54, 1.807) is 35.2 Å². The molecule has 2 heterocycles. The minimum atomic E-state index is -4.30. The molecular formula is C26H27F5N6O2. The van der Waals surface area contributed by atoms with Crippen molar-refractivity contribution >= 4 is 23.4 Å². The molecule has 1 aliphatic rings. The van der Waals surface area contributed by atoms with Gasteiger partial charge in [-0.05, 0) is 54.7 Å². The summed E-state index contributed by atoms with van der Waals surface area (Å²) in [6.45, 7) is 0.0183. The van der Waals surface area contributed by atoms with Gasteiger partial charge in [-0.2, -0.15) is 22.5 Å². The lowest BCUT2D eigenvalue weighted by Gasteiger charge is -2.31. The van der Waals surface area contributed by atoms with Gasteiger partial charge in [0.1, 0.15) is 5.82 Å². The van der Waals surface area contributed by atoms with E-state index in [1.807, 2.05) is 0 Å². The number of halogens is 5. The van der Waals surface area contributed by atoms with Crippen molar-refractivity contribution in [1.29, 1.82) is 0 Å². The van der Waals surface area contributed by atoms with E-state index in [0.29, 0.717) is 42.9 Å². The minimum Gasteiger partial charge on any atom is -0.475 e. The van der Waals surface area contributed by atoms with E-state index in [2.05, 4.69) is 25.9 Å². The van der Waals surface area contributed by atoms with Gasteiger partial charge in [0.25, 0.3) is 5.88 Å². The first-order valence-electron chi connectivity index (χ1n) is 12.2. The average Bonchev–Trinajstić information content (AvgIpc) is 2.89. The van der Waals surface area contributed by atoms with Crippen LogP contribution < -0.4 is 20.7 Å². The van der Waals surface area contributed by atoms with Crippen molar-refractivity contribution in [3.05, 3.63) is 71.9 Å². The van der Waals surface area contributed by atoms with Crippen LogP contribution in [0.2, 0.25) is 0 Å². The number of carbonyl (C=O) groups is 1. The first-order valence-corrected chi connectivity index (χ1v) is 12.2. The number of hydrogen-bond donors (Lipinski definition) is 3. The van der Waals surface area contributed by atoms with Crippen molar-refractivity contribution in [2.75, 3.05) is 36.9 Å². The summed E-state index contributed by atoms with van der Waals surface area (Å²) in [5, 5.41) is 7.90. The quantitative estimate of drug-likeness (QED) is 0.306. The van der Waals surface area contributed by atoms with Crippen LogP contribution in [0.1, 0.15) is 18.4 Å². The second-order valence-corrected chi connectivity index (χ2v) is 9.07. The van der Waals surface area contributed by atoms with Gasteiger partial charge in [0.15, 0.2) is 0 Å². The van der Waals surface area contributed by atoms with Gasteiger partial charge in [-0.15, -0.1) is 0 Å². The highest BCUT2D eigenvalue weighted by atomic mass is 19.4. The summed E-state index contributed by atoms with van der Waals surface area (Å²) in [5.74, 6) is -1.28. The fraction of sp³-hybridized carbons (Fsp3) is 0.346. The first kappa shape index (κ1) is 28.0.